The summed E-state index contributed by atoms with van der Waals surface area (Å²) < 4.78 is 22.9. The Morgan fingerprint density at radius 2 is 1.54 bits per heavy atom. The zero-order chi connectivity index (χ0) is 18.6. The van der Waals surface area contributed by atoms with Crippen LogP contribution in [0.2, 0.25) is 0 Å². The number of carbonyl (C=O) groups excluding carboxylic acids is 1. The van der Waals surface area contributed by atoms with Crippen molar-refractivity contribution in [1.82, 2.24) is 10.2 Å². The minimum Gasteiger partial charge on any atom is -0.348 e. The summed E-state index contributed by atoms with van der Waals surface area (Å²) in [4.78, 5) is 14.9. The van der Waals surface area contributed by atoms with Crippen molar-refractivity contribution < 1.29 is 13.2 Å². The number of rotatable bonds is 6. The van der Waals surface area contributed by atoms with E-state index in [0.717, 1.165) is 18.4 Å². The minimum absolute atomic E-state index is 0.211. The maximum Gasteiger partial charge on any atom is 0.251 e. The van der Waals surface area contributed by atoms with Crippen LogP contribution in [0.5, 0.6) is 0 Å². The molecule has 5 nitrogen and oxygen atoms in total. The normalized spacial score (nSPS) is 15.1. The average Bonchev–Trinajstić information content (AvgIpc) is 3.13. The quantitative estimate of drug-likeness (QED) is 0.846. The van der Waals surface area contributed by atoms with Gasteiger partial charge >= 0.3 is 0 Å². The summed E-state index contributed by atoms with van der Waals surface area (Å²) in [6, 6.07) is 14.3. The van der Waals surface area contributed by atoms with Gasteiger partial charge in [-0.1, -0.05) is 24.3 Å². The maximum absolute atomic E-state index is 12.2. The van der Waals surface area contributed by atoms with Crippen molar-refractivity contribution in [2.24, 2.45) is 0 Å². The van der Waals surface area contributed by atoms with Crippen LogP contribution in [0.4, 0.5) is 0 Å². The zero-order valence-electron chi connectivity index (χ0n) is 14.9. The van der Waals surface area contributed by atoms with Gasteiger partial charge in [-0.15, -0.1) is 0 Å². The van der Waals surface area contributed by atoms with Crippen molar-refractivity contribution in [3.63, 3.8) is 0 Å². The van der Waals surface area contributed by atoms with Gasteiger partial charge in [-0.3, -0.25) is 9.69 Å². The molecule has 1 amide bonds. The number of sulfone groups is 1. The monoisotopic (exact) mass is 372 g/mol. The number of hydrogen-bond acceptors (Lipinski definition) is 4. The van der Waals surface area contributed by atoms with Crippen LogP contribution >= 0.6 is 0 Å². The Balaban J connectivity index is 1.53. The number of carbonyl (C=O) groups is 1. The fourth-order valence-corrected chi connectivity index (χ4v) is 3.73. The van der Waals surface area contributed by atoms with Gasteiger partial charge in [0.15, 0.2) is 9.84 Å². The first-order chi connectivity index (χ1) is 12.4. The van der Waals surface area contributed by atoms with Crippen LogP contribution in [0, 0.1) is 0 Å². The van der Waals surface area contributed by atoms with E-state index in [1.54, 1.807) is 0 Å². The molecule has 1 saturated heterocycles. The second-order valence-electron chi connectivity index (χ2n) is 6.78. The third kappa shape index (κ3) is 4.93. The molecule has 2 aromatic rings. The maximum atomic E-state index is 12.2. The van der Waals surface area contributed by atoms with E-state index in [9.17, 15) is 13.2 Å². The first kappa shape index (κ1) is 18.6. The van der Waals surface area contributed by atoms with Crippen LogP contribution in [0.1, 0.15) is 34.3 Å². The highest BCUT2D eigenvalue weighted by Crippen LogP contribution is 2.14. The summed E-state index contributed by atoms with van der Waals surface area (Å²) in [5.74, 6) is -0.216. The molecule has 6 heteroatoms. The first-order valence-electron chi connectivity index (χ1n) is 8.80. The standard InChI is InChI=1S/C20H24N2O3S/c1-26(24,25)19-10-8-18(9-11-19)20(23)21-14-16-4-6-17(7-5-16)15-22-12-2-3-13-22/h4-11H,2-3,12-15H2,1H3,(H,21,23). The van der Waals surface area contributed by atoms with Gasteiger partial charge in [-0.05, 0) is 61.3 Å². The molecule has 0 radical (unpaired) electrons. The summed E-state index contributed by atoms with van der Waals surface area (Å²) in [6.45, 7) is 3.78. The molecule has 138 valence electrons. The Morgan fingerprint density at radius 3 is 2.12 bits per heavy atom. The van der Waals surface area contributed by atoms with Gasteiger partial charge < -0.3 is 5.32 Å². The Bertz CT molecular complexity index is 853. The predicted octanol–water partition coefficient (Wildman–Crippen LogP) is 2.62. The lowest BCUT2D eigenvalue weighted by molar-refractivity contribution is 0.0951. The third-order valence-corrected chi connectivity index (χ3v) is 5.75. The summed E-state index contributed by atoms with van der Waals surface area (Å²) in [7, 11) is -3.25. The average molecular weight is 372 g/mol. The SMILES string of the molecule is CS(=O)(=O)c1ccc(C(=O)NCc2ccc(CN3CCCC3)cc2)cc1. The van der Waals surface area contributed by atoms with E-state index in [1.807, 2.05) is 12.1 Å². The van der Waals surface area contributed by atoms with E-state index < -0.39 is 9.84 Å². The lowest BCUT2D eigenvalue weighted by Gasteiger charge is -2.14. The summed E-state index contributed by atoms with van der Waals surface area (Å²) in [5.41, 5.74) is 2.78. The van der Waals surface area contributed by atoms with Gasteiger partial charge in [0.05, 0.1) is 4.90 Å². The molecular formula is C20H24N2O3S. The van der Waals surface area contributed by atoms with E-state index in [2.05, 4.69) is 22.3 Å². The molecule has 1 aliphatic rings. The number of hydrogen-bond donors (Lipinski definition) is 1. The Morgan fingerprint density at radius 1 is 0.962 bits per heavy atom. The van der Waals surface area contributed by atoms with Crippen molar-refractivity contribution in [3.8, 4) is 0 Å². The van der Waals surface area contributed by atoms with E-state index in [1.165, 1.54) is 55.8 Å². The number of amides is 1. The molecule has 0 aliphatic carbocycles. The van der Waals surface area contributed by atoms with Crippen molar-refractivity contribution in [2.45, 2.75) is 30.8 Å². The third-order valence-electron chi connectivity index (χ3n) is 4.63. The molecule has 26 heavy (non-hydrogen) atoms. The largest absolute Gasteiger partial charge is 0.348 e. The lowest BCUT2D eigenvalue weighted by Crippen LogP contribution is -2.23. The highest BCUT2D eigenvalue weighted by molar-refractivity contribution is 7.90. The van der Waals surface area contributed by atoms with Gasteiger partial charge in [0, 0.05) is 24.9 Å². The van der Waals surface area contributed by atoms with Crippen molar-refractivity contribution in [3.05, 3.63) is 65.2 Å². The topological polar surface area (TPSA) is 66.5 Å². The molecule has 2 aromatic carbocycles. The minimum atomic E-state index is -3.25. The second-order valence-corrected chi connectivity index (χ2v) is 8.79. The van der Waals surface area contributed by atoms with Gasteiger partial charge in [-0.25, -0.2) is 8.42 Å². The highest BCUT2D eigenvalue weighted by Gasteiger charge is 2.12. The number of likely N-dealkylation sites (tertiary alicyclic amines) is 1. The molecule has 1 N–H and O–H groups in total. The van der Waals surface area contributed by atoms with E-state index >= 15 is 0 Å². The number of nitrogens with zero attached hydrogens (tertiary/aromatic N) is 1. The fraction of sp³-hybridized carbons (Fsp3) is 0.350. The van der Waals surface area contributed by atoms with E-state index in [-0.39, 0.29) is 10.8 Å². The first-order valence-corrected chi connectivity index (χ1v) is 10.7. The molecule has 0 atom stereocenters. The summed E-state index contributed by atoms with van der Waals surface area (Å²) in [5, 5.41) is 2.87. The van der Waals surface area contributed by atoms with Gasteiger partial charge in [-0.2, -0.15) is 0 Å². The van der Waals surface area contributed by atoms with Crippen LogP contribution in [-0.2, 0) is 22.9 Å². The molecule has 0 spiro atoms. The zero-order valence-corrected chi connectivity index (χ0v) is 15.8. The van der Waals surface area contributed by atoms with Gasteiger partial charge in [0.25, 0.3) is 5.91 Å². The van der Waals surface area contributed by atoms with Crippen molar-refractivity contribution in [1.29, 1.82) is 0 Å². The Labute approximate surface area is 154 Å². The van der Waals surface area contributed by atoms with Crippen molar-refractivity contribution in [2.75, 3.05) is 19.3 Å². The Hall–Kier alpha value is -2.18. The van der Waals surface area contributed by atoms with Crippen molar-refractivity contribution >= 4 is 15.7 Å². The fourth-order valence-electron chi connectivity index (χ4n) is 3.10. The van der Waals surface area contributed by atoms with Crippen LogP contribution in [0.15, 0.2) is 53.4 Å². The van der Waals surface area contributed by atoms with Crippen LogP contribution in [0.3, 0.4) is 0 Å². The second kappa shape index (κ2) is 8.01. The highest BCUT2D eigenvalue weighted by atomic mass is 32.2. The van der Waals surface area contributed by atoms with Crippen LogP contribution in [-0.4, -0.2) is 38.6 Å². The smallest absolute Gasteiger partial charge is 0.251 e. The van der Waals surface area contributed by atoms with E-state index in [0.29, 0.717) is 12.1 Å². The molecular weight excluding hydrogens is 348 g/mol. The molecule has 3 rings (SSSR count). The molecule has 0 aromatic heterocycles. The molecule has 1 aliphatic heterocycles. The molecule has 0 saturated carbocycles. The van der Waals surface area contributed by atoms with Crippen LogP contribution < -0.4 is 5.32 Å². The Kier molecular flexibility index (Phi) is 5.74. The molecule has 0 bridgehead atoms. The lowest BCUT2D eigenvalue weighted by atomic mass is 10.1. The van der Waals surface area contributed by atoms with Crippen LogP contribution in [0.25, 0.3) is 0 Å². The molecule has 0 unspecified atom stereocenters. The molecule has 1 heterocycles. The van der Waals surface area contributed by atoms with E-state index in [4.69, 9.17) is 0 Å². The number of nitrogens with one attached hydrogen (secondary N) is 1. The van der Waals surface area contributed by atoms with Gasteiger partial charge in [0.2, 0.25) is 0 Å². The predicted molar refractivity (Wildman–Crippen MR) is 102 cm³/mol. The number of benzene rings is 2. The summed E-state index contributed by atoms with van der Waals surface area (Å²) >= 11 is 0. The molecule has 1 fully saturated rings. The van der Waals surface area contributed by atoms with Gasteiger partial charge in [0.1, 0.15) is 0 Å². The summed E-state index contributed by atoms with van der Waals surface area (Å²) in [6.07, 6.45) is 3.72.